The van der Waals surface area contributed by atoms with Crippen LogP contribution in [0.1, 0.15) is 19.3 Å². The summed E-state index contributed by atoms with van der Waals surface area (Å²) in [7, 11) is 0. The van der Waals surface area contributed by atoms with Gasteiger partial charge in [0.1, 0.15) is 5.75 Å². The number of ether oxygens (including phenoxy) is 1. The number of unbranched alkanes of at least 4 members (excludes halogenated alkanes) is 1. The maximum atomic E-state index is 11.6. The summed E-state index contributed by atoms with van der Waals surface area (Å²) in [5.41, 5.74) is 0. The van der Waals surface area contributed by atoms with Gasteiger partial charge < -0.3 is 15.2 Å². The van der Waals surface area contributed by atoms with Crippen LogP contribution in [0.3, 0.4) is 0 Å². The monoisotopic (exact) mass is 311 g/mol. The van der Waals surface area contributed by atoms with Gasteiger partial charge in [-0.1, -0.05) is 11.6 Å². The highest BCUT2D eigenvalue weighted by molar-refractivity contribution is 6.30. The van der Waals surface area contributed by atoms with Gasteiger partial charge in [0.05, 0.1) is 18.4 Å². The van der Waals surface area contributed by atoms with Crippen LogP contribution < -0.4 is 10.1 Å². The summed E-state index contributed by atoms with van der Waals surface area (Å²) in [5, 5.41) is 12.2. The van der Waals surface area contributed by atoms with E-state index in [0.717, 1.165) is 18.6 Å². The van der Waals surface area contributed by atoms with Crippen LogP contribution in [0.25, 0.3) is 0 Å². The molecule has 2 unspecified atom stereocenters. The molecule has 1 aromatic carbocycles. The van der Waals surface area contributed by atoms with Gasteiger partial charge in [0.2, 0.25) is 5.91 Å². The van der Waals surface area contributed by atoms with Crippen LogP contribution >= 0.6 is 11.6 Å². The number of carboxylic acids is 1. The molecule has 2 atom stereocenters. The minimum atomic E-state index is -0.883. The Bertz CT molecular complexity index is 503. The zero-order chi connectivity index (χ0) is 15.2. The zero-order valence-corrected chi connectivity index (χ0v) is 12.3. The third kappa shape index (κ3) is 4.93. The van der Waals surface area contributed by atoms with Gasteiger partial charge in [-0.3, -0.25) is 9.59 Å². The van der Waals surface area contributed by atoms with Gasteiger partial charge in [-0.15, -0.1) is 0 Å². The average molecular weight is 312 g/mol. The van der Waals surface area contributed by atoms with Crippen molar-refractivity contribution in [1.29, 1.82) is 0 Å². The zero-order valence-electron chi connectivity index (χ0n) is 11.5. The predicted octanol–water partition coefficient (Wildman–Crippen LogP) is 2.34. The summed E-state index contributed by atoms with van der Waals surface area (Å²) < 4.78 is 5.53. The van der Waals surface area contributed by atoms with E-state index in [9.17, 15) is 9.59 Å². The van der Waals surface area contributed by atoms with E-state index in [0.29, 0.717) is 24.6 Å². The van der Waals surface area contributed by atoms with E-state index in [2.05, 4.69) is 5.32 Å². The Balaban J connectivity index is 1.51. The Morgan fingerprint density at radius 1 is 1.24 bits per heavy atom. The number of amides is 1. The first-order valence-corrected chi connectivity index (χ1v) is 7.34. The van der Waals surface area contributed by atoms with E-state index in [1.165, 1.54) is 0 Å². The molecule has 0 aliphatic heterocycles. The maximum absolute atomic E-state index is 11.6. The molecule has 0 saturated heterocycles. The SMILES string of the molecule is O=C(O)C1CC1C(=O)NCCCCOc1ccc(Cl)cc1. The quantitative estimate of drug-likeness (QED) is 0.723. The van der Waals surface area contributed by atoms with E-state index in [-0.39, 0.29) is 11.8 Å². The number of benzene rings is 1. The van der Waals surface area contributed by atoms with E-state index in [1.807, 2.05) is 12.1 Å². The standard InChI is InChI=1S/C15H18ClNO4/c16-10-3-5-11(6-4-10)21-8-2-1-7-17-14(18)12-9-13(12)15(19)20/h3-6,12-13H,1-2,7-9H2,(H,17,18)(H,19,20). The van der Waals surface area contributed by atoms with Crippen molar-refractivity contribution in [2.45, 2.75) is 19.3 Å². The van der Waals surface area contributed by atoms with Crippen molar-refractivity contribution in [3.8, 4) is 5.75 Å². The van der Waals surface area contributed by atoms with E-state index in [4.69, 9.17) is 21.4 Å². The molecule has 6 heteroatoms. The van der Waals surface area contributed by atoms with Gasteiger partial charge in [0, 0.05) is 11.6 Å². The molecule has 1 aliphatic carbocycles. The molecule has 0 bridgehead atoms. The summed E-state index contributed by atoms with van der Waals surface area (Å²) in [5.74, 6) is -1.09. The summed E-state index contributed by atoms with van der Waals surface area (Å²) in [6.07, 6.45) is 2.07. The fourth-order valence-electron chi connectivity index (χ4n) is 2.05. The number of hydrogen-bond donors (Lipinski definition) is 2. The van der Waals surface area contributed by atoms with Crippen molar-refractivity contribution in [1.82, 2.24) is 5.32 Å². The summed E-state index contributed by atoms with van der Waals surface area (Å²) in [4.78, 5) is 22.2. The van der Waals surface area contributed by atoms with E-state index >= 15 is 0 Å². The minimum absolute atomic E-state index is 0.152. The molecule has 114 valence electrons. The number of carbonyl (C=O) groups excluding carboxylic acids is 1. The summed E-state index contributed by atoms with van der Waals surface area (Å²) >= 11 is 5.77. The fourth-order valence-corrected chi connectivity index (χ4v) is 2.17. The molecule has 0 aromatic heterocycles. The Kier molecular flexibility index (Phi) is 5.44. The van der Waals surface area contributed by atoms with Gasteiger partial charge in [-0.25, -0.2) is 0 Å². The molecule has 2 N–H and O–H groups in total. The number of aliphatic carboxylic acids is 1. The van der Waals surface area contributed by atoms with Crippen molar-refractivity contribution < 1.29 is 19.4 Å². The molecule has 1 fully saturated rings. The molecule has 1 aromatic rings. The first-order chi connectivity index (χ1) is 10.1. The molecule has 0 heterocycles. The first-order valence-electron chi connectivity index (χ1n) is 6.97. The van der Waals surface area contributed by atoms with Crippen LogP contribution in [-0.4, -0.2) is 30.1 Å². The highest BCUT2D eigenvalue weighted by Crippen LogP contribution is 2.38. The third-order valence-electron chi connectivity index (χ3n) is 3.40. The van der Waals surface area contributed by atoms with Gasteiger partial charge in [-0.05, 0) is 43.5 Å². The molecular formula is C15H18ClNO4. The Labute approximate surface area is 128 Å². The van der Waals surface area contributed by atoms with Gasteiger partial charge in [-0.2, -0.15) is 0 Å². The van der Waals surface area contributed by atoms with E-state index < -0.39 is 11.9 Å². The molecule has 0 spiro atoms. The third-order valence-corrected chi connectivity index (χ3v) is 3.65. The number of carboxylic acid groups (broad SMARTS) is 1. The molecule has 1 amide bonds. The molecule has 0 radical (unpaired) electrons. The number of carbonyl (C=O) groups is 2. The molecular weight excluding hydrogens is 294 g/mol. The Morgan fingerprint density at radius 3 is 2.57 bits per heavy atom. The lowest BCUT2D eigenvalue weighted by atomic mass is 10.2. The van der Waals surface area contributed by atoms with Crippen LogP contribution in [0.4, 0.5) is 0 Å². The van der Waals surface area contributed by atoms with Crippen molar-refractivity contribution in [2.24, 2.45) is 11.8 Å². The second-order valence-corrected chi connectivity index (χ2v) is 5.52. The number of halogens is 1. The molecule has 21 heavy (non-hydrogen) atoms. The van der Waals surface area contributed by atoms with Crippen LogP contribution in [-0.2, 0) is 9.59 Å². The van der Waals surface area contributed by atoms with Crippen molar-refractivity contribution in [2.75, 3.05) is 13.2 Å². The minimum Gasteiger partial charge on any atom is -0.494 e. The molecule has 2 rings (SSSR count). The fraction of sp³-hybridized carbons (Fsp3) is 0.467. The lowest BCUT2D eigenvalue weighted by molar-refractivity contribution is -0.140. The lowest BCUT2D eigenvalue weighted by Gasteiger charge is -2.07. The second-order valence-electron chi connectivity index (χ2n) is 5.09. The smallest absolute Gasteiger partial charge is 0.307 e. The topological polar surface area (TPSA) is 75.6 Å². The maximum Gasteiger partial charge on any atom is 0.307 e. The predicted molar refractivity (Wildman–Crippen MR) is 78.4 cm³/mol. The van der Waals surface area contributed by atoms with Gasteiger partial charge >= 0.3 is 5.97 Å². The van der Waals surface area contributed by atoms with Crippen molar-refractivity contribution >= 4 is 23.5 Å². The second kappa shape index (κ2) is 7.31. The number of nitrogens with one attached hydrogen (secondary N) is 1. The van der Waals surface area contributed by atoms with Crippen molar-refractivity contribution in [3.63, 3.8) is 0 Å². The van der Waals surface area contributed by atoms with Crippen LogP contribution in [0.5, 0.6) is 5.75 Å². The van der Waals surface area contributed by atoms with Crippen LogP contribution in [0, 0.1) is 11.8 Å². The average Bonchev–Trinajstić information content (AvgIpc) is 3.25. The normalized spacial score (nSPS) is 19.9. The van der Waals surface area contributed by atoms with Crippen LogP contribution in [0.15, 0.2) is 24.3 Å². The summed E-state index contributed by atoms with van der Waals surface area (Å²) in [6.45, 7) is 1.12. The van der Waals surface area contributed by atoms with Crippen LogP contribution in [0.2, 0.25) is 5.02 Å². The Morgan fingerprint density at radius 2 is 1.95 bits per heavy atom. The largest absolute Gasteiger partial charge is 0.494 e. The Hall–Kier alpha value is -1.75. The van der Waals surface area contributed by atoms with Gasteiger partial charge in [0.25, 0.3) is 0 Å². The first kappa shape index (κ1) is 15.6. The molecule has 1 saturated carbocycles. The highest BCUT2D eigenvalue weighted by Gasteiger charge is 2.48. The molecule has 1 aliphatic rings. The summed E-state index contributed by atoms with van der Waals surface area (Å²) in [6, 6.07) is 7.16. The highest BCUT2D eigenvalue weighted by atomic mass is 35.5. The van der Waals surface area contributed by atoms with Crippen molar-refractivity contribution in [3.05, 3.63) is 29.3 Å². The number of rotatable bonds is 8. The number of hydrogen-bond acceptors (Lipinski definition) is 3. The molecule has 5 nitrogen and oxygen atoms in total. The van der Waals surface area contributed by atoms with E-state index in [1.54, 1.807) is 12.1 Å². The lowest BCUT2D eigenvalue weighted by Crippen LogP contribution is -2.27. The van der Waals surface area contributed by atoms with Gasteiger partial charge in [0.15, 0.2) is 0 Å².